The second kappa shape index (κ2) is 11.5. The molecule has 1 aromatic heterocycles. The summed E-state index contributed by atoms with van der Waals surface area (Å²) in [6.45, 7) is 6.19. The first-order chi connectivity index (χ1) is 17.4. The van der Waals surface area contributed by atoms with Gasteiger partial charge in [-0.1, -0.05) is 60.4 Å². The minimum atomic E-state index is -0.894. The summed E-state index contributed by atoms with van der Waals surface area (Å²) in [6.07, 6.45) is 2.36. The van der Waals surface area contributed by atoms with Crippen LogP contribution in [0.15, 0.2) is 65.2 Å². The largest absolute Gasteiger partial charge is 0.492 e. The monoisotopic (exact) mass is 507 g/mol. The Kier molecular flexibility index (Phi) is 8.16. The zero-order chi connectivity index (χ0) is 25.7. The van der Waals surface area contributed by atoms with Gasteiger partial charge in [0.05, 0.1) is 23.7 Å². The molecule has 2 atom stereocenters. The van der Waals surface area contributed by atoms with E-state index < -0.39 is 11.9 Å². The molecule has 0 fully saturated rings. The van der Waals surface area contributed by atoms with Crippen molar-refractivity contribution in [2.24, 2.45) is 0 Å². The molecule has 4 aromatic rings. The Morgan fingerprint density at radius 3 is 2.64 bits per heavy atom. The summed E-state index contributed by atoms with van der Waals surface area (Å²) in [4.78, 5) is 11.2. The first-order valence-electron chi connectivity index (χ1n) is 12.2. The lowest BCUT2D eigenvalue weighted by atomic mass is 9.97. The van der Waals surface area contributed by atoms with Crippen LogP contribution in [-0.2, 0) is 11.2 Å². The predicted octanol–water partition coefficient (Wildman–Crippen LogP) is 7.53. The molecule has 3 aromatic carbocycles. The van der Waals surface area contributed by atoms with E-state index in [1.807, 2.05) is 43.3 Å². The third-order valence-electron chi connectivity index (χ3n) is 6.20. The van der Waals surface area contributed by atoms with Gasteiger partial charge in [0.2, 0.25) is 0 Å². The van der Waals surface area contributed by atoms with E-state index in [0.29, 0.717) is 29.4 Å². The number of carbonyl (C=O) groups is 1. The van der Waals surface area contributed by atoms with Crippen LogP contribution in [0, 0.1) is 0 Å². The van der Waals surface area contributed by atoms with Crippen molar-refractivity contribution < 1.29 is 23.9 Å². The van der Waals surface area contributed by atoms with Crippen molar-refractivity contribution in [2.75, 3.05) is 6.61 Å². The molecular formula is C29H30ClNO5. The number of hydrogen-bond acceptors (Lipinski definition) is 5. The average Bonchev–Trinajstić information content (AvgIpc) is 3.29. The van der Waals surface area contributed by atoms with Crippen molar-refractivity contribution >= 4 is 28.5 Å². The molecule has 0 saturated carbocycles. The summed E-state index contributed by atoms with van der Waals surface area (Å²) in [7, 11) is 0. The molecular weight excluding hydrogens is 478 g/mol. The van der Waals surface area contributed by atoms with Gasteiger partial charge in [0, 0.05) is 22.9 Å². The number of aromatic nitrogens is 1. The average molecular weight is 508 g/mol. The number of aliphatic carboxylic acids is 1. The van der Waals surface area contributed by atoms with E-state index in [0.717, 1.165) is 46.4 Å². The number of para-hydroxylation sites is 1. The number of nitrogens with zero attached hydrogens (tertiary/aromatic N) is 1. The van der Waals surface area contributed by atoms with Crippen molar-refractivity contribution in [2.45, 2.75) is 52.1 Å². The lowest BCUT2D eigenvalue weighted by molar-refractivity contribution is -0.138. The van der Waals surface area contributed by atoms with E-state index in [-0.39, 0.29) is 6.10 Å². The molecule has 0 radical (unpaired) electrons. The number of benzene rings is 3. The third kappa shape index (κ3) is 5.65. The Morgan fingerprint density at radius 1 is 1.08 bits per heavy atom. The van der Waals surface area contributed by atoms with Gasteiger partial charge in [-0.05, 0) is 56.2 Å². The number of rotatable bonds is 11. The fourth-order valence-corrected chi connectivity index (χ4v) is 4.39. The zero-order valence-corrected chi connectivity index (χ0v) is 21.4. The van der Waals surface area contributed by atoms with E-state index in [2.05, 4.69) is 18.1 Å². The standard InChI is InChI=1S/C29H30ClNO5/c1-4-8-21-22(28-23-9-5-6-11-26(23)36-31-28)10-7-12-25(21)35-18(2)15-16-34-27-14-13-20(17-24(27)30)19(3)29(32)33/h5-7,9-14,17-19H,4,8,15-16H2,1-3H3,(H,32,33). The molecule has 36 heavy (non-hydrogen) atoms. The summed E-state index contributed by atoms with van der Waals surface area (Å²) >= 11 is 6.32. The number of hydrogen-bond donors (Lipinski definition) is 1. The number of halogens is 1. The maximum absolute atomic E-state index is 11.2. The second-order valence-corrected chi connectivity index (χ2v) is 9.28. The van der Waals surface area contributed by atoms with Crippen LogP contribution in [0.1, 0.15) is 50.7 Å². The van der Waals surface area contributed by atoms with Crippen molar-refractivity contribution in [1.82, 2.24) is 5.16 Å². The highest BCUT2D eigenvalue weighted by Crippen LogP contribution is 2.36. The van der Waals surface area contributed by atoms with Crippen LogP contribution in [0.2, 0.25) is 5.02 Å². The van der Waals surface area contributed by atoms with Crippen LogP contribution in [0.5, 0.6) is 11.5 Å². The van der Waals surface area contributed by atoms with E-state index in [9.17, 15) is 9.90 Å². The molecule has 6 nitrogen and oxygen atoms in total. The number of ether oxygens (including phenoxy) is 2. The Bertz CT molecular complexity index is 1350. The number of fused-ring (bicyclic) bond motifs is 1. The summed E-state index contributed by atoms with van der Waals surface area (Å²) in [5.41, 5.74) is 4.35. The SMILES string of the molecule is CCCc1c(OC(C)CCOc2ccc(C(C)C(=O)O)cc2Cl)cccc1-c1noc2ccccc12. The van der Waals surface area contributed by atoms with Gasteiger partial charge in [0.15, 0.2) is 5.58 Å². The normalized spacial score (nSPS) is 12.9. The first-order valence-corrected chi connectivity index (χ1v) is 12.5. The maximum atomic E-state index is 11.2. The Hall–Kier alpha value is -3.51. The van der Waals surface area contributed by atoms with Crippen LogP contribution in [0.25, 0.3) is 22.2 Å². The molecule has 1 heterocycles. The smallest absolute Gasteiger partial charge is 0.310 e. The molecule has 4 rings (SSSR count). The van der Waals surface area contributed by atoms with E-state index >= 15 is 0 Å². The summed E-state index contributed by atoms with van der Waals surface area (Å²) in [5.74, 6) is -0.169. The molecule has 0 saturated heterocycles. The van der Waals surface area contributed by atoms with Crippen molar-refractivity contribution in [3.8, 4) is 22.8 Å². The second-order valence-electron chi connectivity index (χ2n) is 8.87. The fourth-order valence-electron chi connectivity index (χ4n) is 4.14. The lowest BCUT2D eigenvalue weighted by Crippen LogP contribution is -2.17. The topological polar surface area (TPSA) is 81.8 Å². The fraction of sp³-hybridized carbons (Fsp3) is 0.310. The van der Waals surface area contributed by atoms with E-state index in [1.165, 1.54) is 0 Å². The van der Waals surface area contributed by atoms with Gasteiger partial charge in [-0.15, -0.1) is 0 Å². The molecule has 0 bridgehead atoms. The molecule has 7 heteroatoms. The minimum Gasteiger partial charge on any atom is -0.492 e. The third-order valence-corrected chi connectivity index (χ3v) is 6.50. The lowest BCUT2D eigenvalue weighted by Gasteiger charge is -2.20. The molecule has 0 aliphatic carbocycles. The predicted molar refractivity (Wildman–Crippen MR) is 141 cm³/mol. The van der Waals surface area contributed by atoms with E-state index in [4.69, 9.17) is 25.6 Å². The molecule has 0 aliphatic heterocycles. The Labute approximate surface area is 215 Å². The van der Waals surface area contributed by atoms with Gasteiger partial charge >= 0.3 is 5.97 Å². The quantitative estimate of drug-likeness (QED) is 0.226. The highest BCUT2D eigenvalue weighted by atomic mass is 35.5. The number of carboxylic acid groups (broad SMARTS) is 1. The van der Waals surface area contributed by atoms with Crippen LogP contribution < -0.4 is 9.47 Å². The van der Waals surface area contributed by atoms with Crippen molar-refractivity contribution in [3.05, 3.63) is 76.8 Å². The van der Waals surface area contributed by atoms with Crippen LogP contribution in [0.3, 0.4) is 0 Å². The molecule has 2 unspecified atom stereocenters. The molecule has 0 spiro atoms. The Morgan fingerprint density at radius 2 is 1.89 bits per heavy atom. The molecule has 1 N–H and O–H groups in total. The minimum absolute atomic E-state index is 0.102. The summed E-state index contributed by atoms with van der Waals surface area (Å²) < 4.78 is 17.8. The van der Waals surface area contributed by atoms with Gasteiger partial charge in [-0.25, -0.2) is 0 Å². The van der Waals surface area contributed by atoms with Crippen LogP contribution in [0.4, 0.5) is 0 Å². The highest BCUT2D eigenvalue weighted by molar-refractivity contribution is 6.32. The zero-order valence-electron chi connectivity index (χ0n) is 20.7. The van der Waals surface area contributed by atoms with Crippen molar-refractivity contribution in [1.29, 1.82) is 0 Å². The summed E-state index contributed by atoms with van der Waals surface area (Å²) in [6, 6.07) is 19.0. The number of carboxylic acids is 1. The van der Waals surface area contributed by atoms with Gasteiger partial charge in [0.25, 0.3) is 0 Å². The van der Waals surface area contributed by atoms with Gasteiger partial charge in [-0.2, -0.15) is 0 Å². The first kappa shape index (κ1) is 25.6. The van der Waals surface area contributed by atoms with E-state index in [1.54, 1.807) is 25.1 Å². The van der Waals surface area contributed by atoms with Crippen molar-refractivity contribution in [3.63, 3.8) is 0 Å². The maximum Gasteiger partial charge on any atom is 0.310 e. The molecule has 0 amide bonds. The van der Waals surface area contributed by atoms with Gasteiger partial charge in [-0.3, -0.25) is 4.79 Å². The van der Waals surface area contributed by atoms with Crippen LogP contribution in [-0.4, -0.2) is 28.9 Å². The van der Waals surface area contributed by atoms with Gasteiger partial charge in [0.1, 0.15) is 17.2 Å². The molecule has 0 aliphatic rings. The van der Waals surface area contributed by atoms with Gasteiger partial charge < -0.3 is 19.1 Å². The highest BCUT2D eigenvalue weighted by Gasteiger charge is 2.19. The Balaban J connectivity index is 1.44. The summed E-state index contributed by atoms with van der Waals surface area (Å²) in [5, 5.41) is 14.9. The van der Waals surface area contributed by atoms with Crippen LogP contribution >= 0.6 is 11.6 Å². The molecule has 188 valence electrons.